The van der Waals surface area contributed by atoms with Gasteiger partial charge >= 0.3 is 5.97 Å². The molecule has 12 heavy (non-hydrogen) atoms. The Morgan fingerprint density at radius 3 is 2.33 bits per heavy atom. The van der Waals surface area contributed by atoms with Gasteiger partial charge in [-0.3, -0.25) is 4.79 Å². The van der Waals surface area contributed by atoms with Crippen LogP contribution in [0.1, 0.15) is 19.3 Å². The van der Waals surface area contributed by atoms with Crippen molar-refractivity contribution in [3.8, 4) is 0 Å². The number of aliphatic carboxylic acids is 1. The van der Waals surface area contributed by atoms with E-state index in [0.29, 0.717) is 6.42 Å². The Bertz CT molecular complexity index is 152. The maximum atomic E-state index is 10.3. The molecule has 0 unspecified atom stereocenters. The zero-order chi connectivity index (χ0) is 8.32. The minimum Gasteiger partial charge on any atom is -0.870 e. The molecule has 1 heterocycles. The highest BCUT2D eigenvalue weighted by molar-refractivity contribution is 5.66. The first-order chi connectivity index (χ1) is 5.12. The first-order valence-electron chi connectivity index (χ1n) is 4.18. The van der Waals surface area contributed by atoms with E-state index in [-0.39, 0.29) is 5.48 Å². The van der Waals surface area contributed by atoms with Crippen LogP contribution in [-0.4, -0.2) is 47.7 Å². The van der Waals surface area contributed by atoms with Gasteiger partial charge in [-0.1, -0.05) is 0 Å². The second-order valence-corrected chi connectivity index (χ2v) is 3.64. The molecule has 1 saturated heterocycles. The Balaban J connectivity index is 0.00000121. The van der Waals surface area contributed by atoms with Crippen LogP contribution in [0.3, 0.4) is 0 Å². The lowest BCUT2D eigenvalue weighted by molar-refractivity contribution is -0.897. The van der Waals surface area contributed by atoms with E-state index in [4.69, 9.17) is 5.11 Å². The maximum absolute atomic E-state index is 10.3. The lowest BCUT2D eigenvalue weighted by Crippen LogP contribution is -2.42. The van der Waals surface area contributed by atoms with Gasteiger partial charge in [0.25, 0.3) is 0 Å². The average molecular weight is 175 g/mol. The molecule has 1 fully saturated rings. The molecule has 4 heteroatoms. The van der Waals surface area contributed by atoms with Crippen LogP contribution in [0.4, 0.5) is 0 Å². The van der Waals surface area contributed by atoms with Crippen molar-refractivity contribution in [3.63, 3.8) is 0 Å². The lowest BCUT2D eigenvalue weighted by Gasteiger charge is -2.28. The van der Waals surface area contributed by atoms with Crippen LogP contribution in [0.5, 0.6) is 0 Å². The van der Waals surface area contributed by atoms with Crippen molar-refractivity contribution >= 4 is 5.97 Å². The molecule has 0 spiro atoms. The summed E-state index contributed by atoms with van der Waals surface area (Å²) in [5.74, 6) is -0.670. The summed E-state index contributed by atoms with van der Waals surface area (Å²) < 4.78 is 0.965. The molecule has 1 aliphatic rings. The fraction of sp³-hybridized carbons (Fsp3) is 0.875. The first-order valence-corrected chi connectivity index (χ1v) is 4.18. The van der Waals surface area contributed by atoms with E-state index in [1.807, 2.05) is 0 Å². The van der Waals surface area contributed by atoms with Gasteiger partial charge < -0.3 is 15.1 Å². The monoisotopic (exact) mass is 175 g/mol. The summed E-state index contributed by atoms with van der Waals surface area (Å²) in [5, 5.41) is 8.48. The number of carbonyl (C=O) groups is 1. The van der Waals surface area contributed by atoms with Crippen molar-refractivity contribution in [3.05, 3.63) is 0 Å². The third-order valence-corrected chi connectivity index (χ3v) is 2.51. The number of rotatable bonds is 3. The van der Waals surface area contributed by atoms with Gasteiger partial charge in [-0.2, -0.15) is 0 Å². The van der Waals surface area contributed by atoms with E-state index in [2.05, 4.69) is 7.05 Å². The summed E-state index contributed by atoms with van der Waals surface area (Å²) >= 11 is 0. The van der Waals surface area contributed by atoms with Crippen molar-refractivity contribution < 1.29 is 19.9 Å². The molecule has 1 rings (SSSR count). The number of hydrogen-bond acceptors (Lipinski definition) is 2. The van der Waals surface area contributed by atoms with Crippen LogP contribution >= 0.6 is 0 Å². The predicted molar refractivity (Wildman–Crippen MR) is 44.2 cm³/mol. The number of nitrogens with zero attached hydrogens (tertiary/aromatic N) is 1. The third kappa shape index (κ3) is 3.19. The fourth-order valence-electron chi connectivity index (χ4n) is 1.69. The quantitative estimate of drug-likeness (QED) is 0.636. The number of carboxylic acid groups (broad SMARTS) is 1. The third-order valence-electron chi connectivity index (χ3n) is 2.51. The first kappa shape index (κ1) is 11.4. The normalized spacial score (nSPS) is 20.1. The zero-order valence-corrected chi connectivity index (χ0v) is 7.49. The molecular weight excluding hydrogens is 158 g/mol. The predicted octanol–water partition coefficient (Wildman–Crippen LogP) is 0.525. The van der Waals surface area contributed by atoms with Gasteiger partial charge in [0, 0.05) is 12.8 Å². The van der Waals surface area contributed by atoms with Crippen molar-refractivity contribution in [2.75, 3.05) is 26.7 Å². The summed E-state index contributed by atoms with van der Waals surface area (Å²) in [7, 11) is 2.15. The van der Waals surface area contributed by atoms with Crippen molar-refractivity contribution in [1.82, 2.24) is 0 Å². The lowest BCUT2D eigenvalue weighted by atomic mass is 10.3. The van der Waals surface area contributed by atoms with Crippen LogP contribution in [0.15, 0.2) is 0 Å². The topological polar surface area (TPSA) is 67.3 Å². The Hall–Kier alpha value is -0.610. The number of carboxylic acids is 1. The van der Waals surface area contributed by atoms with Crippen LogP contribution in [0, 0.1) is 0 Å². The molecule has 0 aromatic rings. The SMILES string of the molecule is C[N+]1(CCC(=O)O)CCCC1.[OH-]. The minimum atomic E-state index is -0.670. The van der Waals surface area contributed by atoms with E-state index in [1.54, 1.807) is 0 Å². The molecular formula is C8H17NO3. The average Bonchev–Trinajstić information content (AvgIpc) is 2.33. The highest BCUT2D eigenvalue weighted by Crippen LogP contribution is 2.16. The molecule has 4 nitrogen and oxygen atoms in total. The van der Waals surface area contributed by atoms with Crippen LogP contribution in [0.2, 0.25) is 0 Å². The summed E-state index contributed by atoms with van der Waals surface area (Å²) in [6, 6.07) is 0. The summed E-state index contributed by atoms with van der Waals surface area (Å²) in [4.78, 5) is 10.3. The highest BCUT2D eigenvalue weighted by Gasteiger charge is 2.26. The van der Waals surface area contributed by atoms with Crippen LogP contribution in [-0.2, 0) is 4.79 Å². The van der Waals surface area contributed by atoms with Gasteiger partial charge in [-0.25, -0.2) is 0 Å². The Morgan fingerprint density at radius 2 is 1.92 bits per heavy atom. The molecule has 0 atom stereocenters. The summed E-state index contributed by atoms with van der Waals surface area (Å²) in [6.45, 7) is 3.12. The largest absolute Gasteiger partial charge is 0.870 e. The van der Waals surface area contributed by atoms with Gasteiger partial charge in [0.05, 0.1) is 33.1 Å². The standard InChI is InChI=1S/C8H15NO2.H2O/c1-9(5-2-3-6-9)7-4-8(10)11;/h2-7H2,1H3;1H2. The molecule has 2 N–H and O–H groups in total. The Morgan fingerprint density at radius 1 is 1.42 bits per heavy atom. The minimum absolute atomic E-state index is 0. The Labute approximate surface area is 72.7 Å². The summed E-state index contributed by atoms with van der Waals surface area (Å²) in [5.41, 5.74) is 0. The van der Waals surface area contributed by atoms with Crippen molar-refractivity contribution in [2.45, 2.75) is 19.3 Å². The molecule has 0 radical (unpaired) electrons. The molecule has 0 aromatic carbocycles. The van der Waals surface area contributed by atoms with E-state index < -0.39 is 5.97 Å². The molecule has 0 amide bonds. The number of likely N-dealkylation sites (tertiary alicyclic amines) is 1. The van der Waals surface area contributed by atoms with Gasteiger partial charge in [0.15, 0.2) is 0 Å². The molecule has 0 aromatic heterocycles. The van der Waals surface area contributed by atoms with Gasteiger partial charge in [-0.05, 0) is 0 Å². The Kier molecular flexibility index (Phi) is 4.20. The van der Waals surface area contributed by atoms with Crippen molar-refractivity contribution in [1.29, 1.82) is 0 Å². The molecule has 1 aliphatic heterocycles. The highest BCUT2D eigenvalue weighted by atomic mass is 16.4. The van der Waals surface area contributed by atoms with Gasteiger partial charge in [0.1, 0.15) is 0 Å². The second kappa shape index (κ2) is 4.42. The molecule has 72 valence electrons. The maximum Gasteiger partial charge on any atom is 0.309 e. The van der Waals surface area contributed by atoms with Crippen LogP contribution in [0.25, 0.3) is 0 Å². The molecule has 0 bridgehead atoms. The van der Waals surface area contributed by atoms with Crippen molar-refractivity contribution in [2.24, 2.45) is 0 Å². The smallest absolute Gasteiger partial charge is 0.309 e. The van der Waals surface area contributed by atoms with E-state index in [1.165, 1.54) is 12.8 Å². The molecule has 0 aliphatic carbocycles. The van der Waals surface area contributed by atoms with E-state index in [0.717, 1.165) is 24.1 Å². The number of hydrogen-bond donors (Lipinski definition) is 1. The number of quaternary nitrogens is 1. The summed E-state index contributed by atoms with van der Waals surface area (Å²) in [6.07, 6.45) is 2.84. The van der Waals surface area contributed by atoms with Gasteiger partial charge in [0.2, 0.25) is 0 Å². The zero-order valence-electron chi connectivity index (χ0n) is 7.49. The second-order valence-electron chi connectivity index (χ2n) is 3.64. The van der Waals surface area contributed by atoms with Gasteiger partial charge in [-0.15, -0.1) is 0 Å². The fourth-order valence-corrected chi connectivity index (χ4v) is 1.69. The van der Waals surface area contributed by atoms with Crippen LogP contribution < -0.4 is 0 Å². The van der Waals surface area contributed by atoms with E-state index >= 15 is 0 Å². The van der Waals surface area contributed by atoms with E-state index in [9.17, 15) is 4.79 Å². The molecule has 0 saturated carbocycles.